The van der Waals surface area contributed by atoms with Crippen molar-refractivity contribution in [2.24, 2.45) is 11.8 Å². The summed E-state index contributed by atoms with van der Waals surface area (Å²) in [5, 5.41) is 8.53. The number of hydrogen-bond acceptors (Lipinski definition) is 4. The fourth-order valence-corrected chi connectivity index (χ4v) is 4.80. The van der Waals surface area contributed by atoms with E-state index in [1.165, 1.54) is 51.4 Å². The first-order chi connectivity index (χ1) is 12.5. The molecule has 0 heterocycles. The lowest BCUT2D eigenvalue weighted by Crippen LogP contribution is -2.09. The standard InChI is InChI=1S/C14H20O3S.C7H14O/c1-12-6-8-14(9-7-12)18(15,16)17-11-10-13-4-2-3-5-13;8-6-5-7-3-1-2-4-7/h6-9,13H,2-5,10-11H2,1H3;7-8H,1-6H2. The topological polar surface area (TPSA) is 63.6 Å². The summed E-state index contributed by atoms with van der Waals surface area (Å²) in [5.74, 6) is 1.51. The van der Waals surface area contributed by atoms with Gasteiger partial charge in [0.15, 0.2) is 0 Å². The van der Waals surface area contributed by atoms with Gasteiger partial charge < -0.3 is 5.11 Å². The highest BCUT2D eigenvalue weighted by molar-refractivity contribution is 7.86. The maximum atomic E-state index is 11.9. The Labute approximate surface area is 159 Å². The van der Waals surface area contributed by atoms with Crippen LogP contribution >= 0.6 is 0 Å². The quantitative estimate of drug-likeness (QED) is 0.685. The molecule has 0 bridgehead atoms. The fourth-order valence-electron chi connectivity index (χ4n) is 3.88. The van der Waals surface area contributed by atoms with Gasteiger partial charge in [-0.3, -0.25) is 4.18 Å². The van der Waals surface area contributed by atoms with Gasteiger partial charge in [-0.2, -0.15) is 8.42 Å². The lowest BCUT2D eigenvalue weighted by Gasteiger charge is -2.09. The third kappa shape index (κ3) is 7.37. The molecule has 3 rings (SSSR count). The van der Waals surface area contributed by atoms with Gasteiger partial charge in [0, 0.05) is 6.61 Å². The summed E-state index contributed by atoms with van der Waals surface area (Å²) >= 11 is 0. The fraction of sp³-hybridized carbons (Fsp3) is 0.714. The Hall–Kier alpha value is -0.910. The van der Waals surface area contributed by atoms with Gasteiger partial charge in [0.05, 0.1) is 11.5 Å². The number of aryl methyl sites for hydroxylation is 1. The first-order valence-corrected chi connectivity index (χ1v) is 11.5. The highest BCUT2D eigenvalue weighted by Gasteiger charge is 2.18. The molecule has 2 aliphatic carbocycles. The van der Waals surface area contributed by atoms with Gasteiger partial charge in [-0.15, -0.1) is 0 Å². The predicted octanol–water partition coefficient (Wildman–Crippen LogP) is 4.84. The Morgan fingerprint density at radius 1 is 0.923 bits per heavy atom. The van der Waals surface area contributed by atoms with Crippen molar-refractivity contribution in [3.8, 4) is 0 Å². The number of hydrogen-bond donors (Lipinski definition) is 1. The molecule has 1 aromatic rings. The van der Waals surface area contributed by atoms with Gasteiger partial charge >= 0.3 is 0 Å². The summed E-state index contributed by atoms with van der Waals surface area (Å²) in [6, 6.07) is 6.76. The van der Waals surface area contributed by atoms with E-state index in [1.54, 1.807) is 24.3 Å². The molecule has 5 heteroatoms. The number of benzene rings is 1. The smallest absolute Gasteiger partial charge is 0.296 e. The Morgan fingerprint density at radius 3 is 1.92 bits per heavy atom. The van der Waals surface area contributed by atoms with Crippen LogP contribution in [-0.4, -0.2) is 26.7 Å². The molecule has 0 saturated heterocycles. The van der Waals surface area contributed by atoms with Gasteiger partial charge in [0.2, 0.25) is 0 Å². The zero-order chi connectivity index (χ0) is 18.8. The molecular weight excluding hydrogens is 348 g/mol. The average molecular weight is 383 g/mol. The third-order valence-corrected chi connectivity index (χ3v) is 6.89. The molecule has 2 aliphatic rings. The van der Waals surface area contributed by atoms with Gasteiger partial charge in [-0.1, -0.05) is 69.1 Å². The zero-order valence-corrected chi connectivity index (χ0v) is 16.8. The van der Waals surface area contributed by atoms with Crippen LogP contribution in [0.5, 0.6) is 0 Å². The molecular formula is C21H34O4S. The third-order valence-electron chi connectivity index (χ3n) is 5.56. The minimum Gasteiger partial charge on any atom is -0.396 e. The second kappa shape index (κ2) is 11.1. The molecule has 0 radical (unpaired) electrons. The van der Waals surface area contributed by atoms with Crippen LogP contribution in [0.3, 0.4) is 0 Å². The normalized spacial score (nSPS) is 18.7. The van der Waals surface area contributed by atoms with Gasteiger partial charge in [-0.05, 0) is 43.7 Å². The van der Waals surface area contributed by atoms with E-state index in [2.05, 4.69) is 0 Å². The van der Waals surface area contributed by atoms with Crippen LogP contribution in [0, 0.1) is 18.8 Å². The Morgan fingerprint density at radius 2 is 1.42 bits per heavy atom. The van der Waals surface area contributed by atoms with Crippen molar-refractivity contribution in [2.75, 3.05) is 13.2 Å². The maximum absolute atomic E-state index is 11.9. The molecule has 1 N–H and O–H groups in total. The van der Waals surface area contributed by atoms with E-state index < -0.39 is 10.1 Å². The van der Waals surface area contributed by atoms with Crippen LogP contribution < -0.4 is 0 Å². The lowest BCUT2D eigenvalue weighted by atomic mass is 10.1. The molecule has 0 aromatic heterocycles. The number of aliphatic hydroxyl groups excluding tert-OH is 1. The molecule has 148 valence electrons. The number of rotatable bonds is 7. The molecule has 0 atom stereocenters. The summed E-state index contributed by atoms with van der Waals surface area (Å²) in [4.78, 5) is 0.250. The molecule has 2 fully saturated rings. The summed E-state index contributed by atoms with van der Waals surface area (Å²) in [5.41, 5.74) is 1.04. The minimum atomic E-state index is -3.57. The maximum Gasteiger partial charge on any atom is 0.296 e. The number of aliphatic hydroxyl groups is 1. The zero-order valence-electron chi connectivity index (χ0n) is 16.0. The van der Waals surface area contributed by atoms with E-state index in [0.717, 1.165) is 24.3 Å². The van der Waals surface area contributed by atoms with Crippen LogP contribution in [0.25, 0.3) is 0 Å². The largest absolute Gasteiger partial charge is 0.396 e. The Bertz CT molecular complexity index is 597. The second-order valence-corrected chi connectivity index (χ2v) is 9.31. The molecule has 1 aromatic carbocycles. The van der Waals surface area contributed by atoms with Crippen LogP contribution in [0.2, 0.25) is 0 Å². The van der Waals surface area contributed by atoms with E-state index >= 15 is 0 Å². The summed E-state index contributed by atoms with van der Waals surface area (Å²) in [6.45, 7) is 2.63. The highest BCUT2D eigenvalue weighted by atomic mass is 32.2. The van der Waals surface area contributed by atoms with Crippen molar-refractivity contribution in [2.45, 2.75) is 76.0 Å². The van der Waals surface area contributed by atoms with E-state index in [1.807, 2.05) is 6.92 Å². The molecule has 0 aliphatic heterocycles. The van der Waals surface area contributed by atoms with Gasteiger partial charge in [0.1, 0.15) is 0 Å². The van der Waals surface area contributed by atoms with Crippen molar-refractivity contribution in [3.05, 3.63) is 29.8 Å². The molecule has 0 spiro atoms. The van der Waals surface area contributed by atoms with Crippen molar-refractivity contribution < 1.29 is 17.7 Å². The molecule has 26 heavy (non-hydrogen) atoms. The summed E-state index contributed by atoms with van der Waals surface area (Å²) < 4.78 is 28.9. The van der Waals surface area contributed by atoms with Crippen LogP contribution in [-0.2, 0) is 14.3 Å². The molecule has 0 amide bonds. The van der Waals surface area contributed by atoms with E-state index in [9.17, 15) is 8.42 Å². The van der Waals surface area contributed by atoms with E-state index in [4.69, 9.17) is 9.29 Å². The van der Waals surface area contributed by atoms with Crippen molar-refractivity contribution in [1.29, 1.82) is 0 Å². The molecule has 0 unspecified atom stereocenters. The van der Waals surface area contributed by atoms with Crippen molar-refractivity contribution in [1.82, 2.24) is 0 Å². The highest BCUT2D eigenvalue weighted by Crippen LogP contribution is 2.28. The van der Waals surface area contributed by atoms with Crippen LogP contribution in [0.4, 0.5) is 0 Å². The van der Waals surface area contributed by atoms with Crippen LogP contribution in [0.1, 0.15) is 69.8 Å². The van der Waals surface area contributed by atoms with Crippen LogP contribution in [0.15, 0.2) is 29.2 Å². The molecule has 4 nitrogen and oxygen atoms in total. The Kier molecular flexibility index (Phi) is 9.09. The van der Waals surface area contributed by atoms with Crippen molar-refractivity contribution >= 4 is 10.1 Å². The first-order valence-electron chi connectivity index (χ1n) is 10.1. The molecule has 2 saturated carbocycles. The minimum absolute atomic E-state index is 0.250. The van der Waals surface area contributed by atoms with Gasteiger partial charge in [0.25, 0.3) is 10.1 Å². The Balaban J connectivity index is 0.000000254. The SMILES string of the molecule is Cc1ccc(S(=O)(=O)OCCC2CCCC2)cc1.OCCC1CCCC1. The van der Waals surface area contributed by atoms with Crippen molar-refractivity contribution in [3.63, 3.8) is 0 Å². The summed E-state index contributed by atoms with van der Waals surface area (Å²) in [6.07, 6.45) is 12.4. The van der Waals surface area contributed by atoms with Gasteiger partial charge in [-0.25, -0.2) is 0 Å². The second-order valence-electron chi connectivity index (χ2n) is 7.69. The predicted molar refractivity (Wildman–Crippen MR) is 105 cm³/mol. The van der Waals surface area contributed by atoms with E-state index in [-0.39, 0.29) is 4.90 Å². The summed E-state index contributed by atoms with van der Waals surface area (Å²) in [7, 11) is -3.57. The van der Waals surface area contributed by atoms with E-state index in [0.29, 0.717) is 19.1 Å². The lowest BCUT2D eigenvalue weighted by molar-refractivity contribution is 0.258. The first kappa shape index (κ1) is 21.4. The monoisotopic (exact) mass is 382 g/mol. The average Bonchev–Trinajstić information content (AvgIpc) is 3.30.